The molecule has 1 N–H and O–H groups in total. The maximum absolute atomic E-state index is 13.2. The molecular formula is C22H34N4O2. The Bertz CT molecular complexity index is 844. The van der Waals surface area contributed by atoms with Crippen LogP contribution in [-0.2, 0) is 6.54 Å². The van der Waals surface area contributed by atoms with Crippen molar-refractivity contribution in [3.8, 4) is 0 Å². The summed E-state index contributed by atoms with van der Waals surface area (Å²) in [6, 6.07) is 7.27. The summed E-state index contributed by atoms with van der Waals surface area (Å²) in [5, 5.41) is 3.01. The minimum atomic E-state index is -0.330. The van der Waals surface area contributed by atoms with Gasteiger partial charge in [0.05, 0.1) is 11.0 Å². The molecule has 1 aromatic heterocycles. The molecule has 1 aliphatic rings. The average Bonchev–Trinajstić information content (AvgIpc) is 2.98. The van der Waals surface area contributed by atoms with Gasteiger partial charge >= 0.3 is 11.7 Å². The second-order valence-electron chi connectivity index (χ2n) is 8.06. The number of aromatic nitrogens is 2. The molecule has 1 fully saturated rings. The van der Waals surface area contributed by atoms with E-state index in [2.05, 4.69) is 24.1 Å². The predicted octanol–water partition coefficient (Wildman–Crippen LogP) is 3.67. The van der Waals surface area contributed by atoms with Crippen molar-refractivity contribution in [1.29, 1.82) is 0 Å². The van der Waals surface area contributed by atoms with Crippen LogP contribution in [-0.4, -0.2) is 45.7 Å². The van der Waals surface area contributed by atoms with Gasteiger partial charge in [-0.3, -0.25) is 4.57 Å². The minimum Gasteiger partial charge on any atom is -0.334 e. The van der Waals surface area contributed by atoms with Gasteiger partial charge < -0.3 is 10.2 Å². The number of nitrogens with one attached hydrogen (secondary N) is 1. The molecule has 0 saturated heterocycles. The van der Waals surface area contributed by atoms with Crippen LogP contribution >= 0.6 is 0 Å². The van der Waals surface area contributed by atoms with Crippen molar-refractivity contribution in [3.63, 3.8) is 0 Å². The number of carbonyl (C=O) groups is 1. The maximum atomic E-state index is 13.2. The predicted molar refractivity (Wildman–Crippen MR) is 114 cm³/mol. The van der Waals surface area contributed by atoms with Crippen molar-refractivity contribution in [2.24, 2.45) is 5.92 Å². The van der Waals surface area contributed by atoms with E-state index in [0.29, 0.717) is 18.0 Å². The van der Waals surface area contributed by atoms with E-state index >= 15 is 0 Å². The molecule has 1 saturated carbocycles. The molecule has 0 bridgehead atoms. The number of likely N-dealkylation sites (N-methyl/N-ethyl adjacent to an activating group) is 1. The summed E-state index contributed by atoms with van der Waals surface area (Å²) in [6.07, 6.45) is 6.10. The van der Waals surface area contributed by atoms with Crippen LogP contribution in [0.1, 0.15) is 52.9 Å². The van der Waals surface area contributed by atoms with Crippen LogP contribution in [0.15, 0.2) is 29.1 Å². The molecule has 2 aromatic rings. The fourth-order valence-corrected chi connectivity index (χ4v) is 4.40. The van der Waals surface area contributed by atoms with Crippen molar-refractivity contribution in [3.05, 3.63) is 34.7 Å². The first-order chi connectivity index (χ1) is 13.5. The van der Waals surface area contributed by atoms with Gasteiger partial charge in [0, 0.05) is 19.1 Å². The van der Waals surface area contributed by atoms with Crippen molar-refractivity contribution in [1.82, 2.24) is 19.4 Å². The summed E-state index contributed by atoms with van der Waals surface area (Å²) in [4.78, 5) is 28.4. The van der Waals surface area contributed by atoms with Gasteiger partial charge in [-0.25, -0.2) is 14.2 Å². The average molecular weight is 387 g/mol. The number of amides is 1. The summed E-state index contributed by atoms with van der Waals surface area (Å²) in [5.41, 5.74) is 1.32. The van der Waals surface area contributed by atoms with Crippen LogP contribution in [0.5, 0.6) is 0 Å². The second kappa shape index (κ2) is 9.41. The molecule has 1 aromatic carbocycles. The van der Waals surface area contributed by atoms with Gasteiger partial charge in [-0.1, -0.05) is 45.2 Å². The van der Waals surface area contributed by atoms with Crippen molar-refractivity contribution < 1.29 is 4.79 Å². The quantitative estimate of drug-likeness (QED) is 0.790. The van der Waals surface area contributed by atoms with Crippen molar-refractivity contribution >= 4 is 17.1 Å². The first kappa shape index (κ1) is 20.6. The van der Waals surface area contributed by atoms with Crippen LogP contribution in [0.25, 0.3) is 11.0 Å². The lowest BCUT2D eigenvalue weighted by Crippen LogP contribution is -2.46. The maximum Gasteiger partial charge on any atom is 0.337 e. The molecule has 28 heavy (non-hydrogen) atoms. The van der Waals surface area contributed by atoms with Crippen molar-refractivity contribution in [2.45, 2.75) is 65.5 Å². The first-order valence-electron chi connectivity index (χ1n) is 10.8. The van der Waals surface area contributed by atoms with Crippen LogP contribution in [0.2, 0.25) is 0 Å². The molecular weight excluding hydrogens is 352 g/mol. The molecule has 6 nitrogen and oxygen atoms in total. The highest BCUT2D eigenvalue weighted by Crippen LogP contribution is 2.26. The van der Waals surface area contributed by atoms with Gasteiger partial charge in [0.25, 0.3) is 0 Å². The molecule has 1 amide bonds. The summed E-state index contributed by atoms with van der Waals surface area (Å²) < 4.78 is 3.12. The molecule has 6 heteroatoms. The second-order valence-corrected chi connectivity index (χ2v) is 8.06. The van der Waals surface area contributed by atoms with Crippen molar-refractivity contribution in [2.75, 3.05) is 19.6 Å². The smallest absolute Gasteiger partial charge is 0.334 e. The number of carbonyl (C=O) groups excluding carboxylic acids is 1. The molecule has 1 atom stereocenters. The van der Waals surface area contributed by atoms with E-state index in [-0.39, 0.29) is 17.8 Å². The Balaban J connectivity index is 1.85. The van der Waals surface area contributed by atoms with E-state index in [4.69, 9.17) is 0 Å². The highest BCUT2D eigenvalue weighted by atomic mass is 16.2. The zero-order valence-corrected chi connectivity index (χ0v) is 17.5. The van der Waals surface area contributed by atoms with Crippen LogP contribution in [0.3, 0.4) is 0 Å². The Morgan fingerprint density at radius 2 is 1.79 bits per heavy atom. The van der Waals surface area contributed by atoms with Gasteiger partial charge in [0.15, 0.2) is 0 Å². The highest BCUT2D eigenvalue weighted by Gasteiger charge is 2.22. The van der Waals surface area contributed by atoms with Gasteiger partial charge in [0.2, 0.25) is 0 Å². The molecule has 1 unspecified atom stereocenters. The standard InChI is InChI=1S/C22H34N4O2/c1-4-24(5-2)15-17(3)23-21(27)26-20-14-10-9-13-19(20)25(22(26)28)16-18-11-7-6-8-12-18/h9-10,13-14,17-18H,4-8,11-12,15-16H2,1-3H3,(H,23,27). The Morgan fingerprint density at radius 1 is 1.14 bits per heavy atom. The largest absolute Gasteiger partial charge is 0.337 e. The lowest BCUT2D eigenvalue weighted by Gasteiger charge is -2.23. The first-order valence-corrected chi connectivity index (χ1v) is 10.8. The summed E-state index contributed by atoms with van der Waals surface area (Å²) in [5.74, 6) is 0.523. The number of benzene rings is 1. The topological polar surface area (TPSA) is 59.3 Å². The number of hydrogen-bond acceptors (Lipinski definition) is 3. The van der Waals surface area contributed by atoms with E-state index < -0.39 is 0 Å². The van der Waals surface area contributed by atoms with Gasteiger partial charge in [-0.05, 0) is 50.9 Å². The SMILES string of the molecule is CCN(CC)CC(C)NC(=O)n1c(=O)n(CC2CCCCC2)c2ccccc21. The fraction of sp³-hybridized carbons (Fsp3) is 0.636. The number of rotatable bonds is 7. The van der Waals surface area contributed by atoms with E-state index in [1.54, 1.807) is 4.57 Å². The van der Waals surface area contributed by atoms with E-state index in [1.165, 1.54) is 36.7 Å². The Labute approximate surface area is 167 Å². The zero-order chi connectivity index (χ0) is 20.1. The third-order valence-electron chi connectivity index (χ3n) is 6.00. The Hall–Kier alpha value is -2.08. The zero-order valence-electron chi connectivity index (χ0n) is 17.5. The molecule has 1 heterocycles. The highest BCUT2D eigenvalue weighted by molar-refractivity contribution is 5.89. The summed E-state index contributed by atoms with van der Waals surface area (Å²) in [7, 11) is 0. The number of hydrogen-bond donors (Lipinski definition) is 1. The molecule has 0 aliphatic heterocycles. The van der Waals surface area contributed by atoms with Gasteiger partial charge in [-0.2, -0.15) is 0 Å². The third kappa shape index (κ3) is 4.49. The molecule has 3 rings (SSSR count). The fourth-order valence-electron chi connectivity index (χ4n) is 4.40. The van der Waals surface area contributed by atoms with Gasteiger partial charge in [0.1, 0.15) is 0 Å². The molecule has 154 valence electrons. The number of imidazole rings is 1. The number of para-hydroxylation sites is 2. The van der Waals surface area contributed by atoms with E-state index in [1.807, 2.05) is 31.2 Å². The van der Waals surface area contributed by atoms with E-state index in [0.717, 1.165) is 25.2 Å². The molecule has 0 radical (unpaired) electrons. The van der Waals surface area contributed by atoms with Crippen LogP contribution < -0.4 is 11.0 Å². The monoisotopic (exact) mass is 386 g/mol. The van der Waals surface area contributed by atoms with Crippen LogP contribution in [0, 0.1) is 5.92 Å². The Morgan fingerprint density at radius 3 is 2.43 bits per heavy atom. The van der Waals surface area contributed by atoms with E-state index in [9.17, 15) is 9.59 Å². The normalized spacial score (nSPS) is 16.6. The summed E-state index contributed by atoms with van der Waals surface area (Å²) in [6.45, 7) is 9.57. The van der Waals surface area contributed by atoms with Gasteiger partial charge in [-0.15, -0.1) is 0 Å². The van der Waals surface area contributed by atoms with Crippen LogP contribution in [0.4, 0.5) is 4.79 Å². The third-order valence-corrected chi connectivity index (χ3v) is 6.00. The number of fused-ring (bicyclic) bond motifs is 1. The molecule has 0 spiro atoms. The summed E-state index contributed by atoms with van der Waals surface area (Å²) >= 11 is 0. The lowest BCUT2D eigenvalue weighted by atomic mass is 9.89. The Kier molecular flexibility index (Phi) is 6.94. The molecule has 1 aliphatic carbocycles. The number of nitrogens with zero attached hydrogens (tertiary/aromatic N) is 3. The lowest BCUT2D eigenvalue weighted by molar-refractivity contribution is 0.229. The minimum absolute atomic E-state index is 0.0280.